The van der Waals surface area contributed by atoms with Gasteiger partial charge in [0.1, 0.15) is 19.0 Å². The normalized spacial score (nSPS) is 16.3. The number of nitrogens with zero attached hydrogens (tertiary/aromatic N) is 4. The predicted molar refractivity (Wildman–Crippen MR) is 87.5 cm³/mol. The molecule has 24 heavy (non-hydrogen) atoms. The molecule has 1 fully saturated rings. The van der Waals surface area contributed by atoms with Gasteiger partial charge in [-0.15, -0.1) is 15.3 Å². The van der Waals surface area contributed by atoms with E-state index in [1.54, 1.807) is 0 Å². The maximum absolute atomic E-state index is 5.75. The molecule has 3 aromatic rings. The van der Waals surface area contributed by atoms with Gasteiger partial charge in [0.25, 0.3) is 0 Å². The van der Waals surface area contributed by atoms with Crippen molar-refractivity contribution in [3.8, 4) is 11.5 Å². The first-order valence-electron chi connectivity index (χ1n) is 8.22. The second-order valence-corrected chi connectivity index (χ2v) is 6.12. The number of anilines is 1. The summed E-state index contributed by atoms with van der Waals surface area (Å²) in [4.78, 5) is 0. The first-order valence-corrected chi connectivity index (χ1v) is 8.22. The molecule has 0 radical (unpaired) electrons. The SMILES string of the molecule is c1cc(CNc2ccc3nnc(C4CC4)n3n2)c2c(c1)OCCO2. The topological polar surface area (TPSA) is 73.6 Å². The average Bonchev–Trinajstić information content (AvgIpc) is 3.39. The molecule has 1 aliphatic carbocycles. The van der Waals surface area contributed by atoms with Crippen molar-refractivity contribution in [2.75, 3.05) is 18.5 Å². The van der Waals surface area contributed by atoms with Gasteiger partial charge in [0.05, 0.1) is 0 Å². The van der Waals surface area contributed by atoms with Crippen molar-refractivity contribution in [2.24, 2.45) is 0 Å². The minimum atomic E-state index is 0.509. The van der Waals surface area contributed by atoms with Crippen LogP contribution in [0.5, 0.6) is 11.5 Å². The molecule has 5 rings (SSSR count). The number of rotatable bonds is 4. The molecule has 0 atom stereocenters. The monoisotopic (exact) mass is 323 g/mol. The van der Waals surface area contributed by atoms with Gasteiger partial charge in [-0.1, -0.05) is 12.1 Å². The van der Waals surface area contributed by atoms with Gasteiger partial charge < -0.3 is 14.8 Å². The zero-order valence-electron chi connectivity index (χ0n) is 13.1. The van der Waals surface area contributed by atoms with Crippen molar-refractivity contribution >= 4 is 11.5 Å². The smallest absolute Gasteiger partial charge is 0.178 e. The lowest BCUT2D eigenvalue weighted by Gasteiger charge is -2.21. The molecule has 3 heterocycles. The Hall–Kier alpha value is -2.83. The summed E-state index contributed by atoms with van der Waals surface area (Å²) < 4.78 is 13.2. The van der Waals surface area contributed by atoms with Crippen molar-refractivity contribution < 1.29 is 9.47 Å². The fraction of sp³-hybridized carbons (Fsp3) is 0.353. The summed E-state index contributed by atoms with van der Waals surface area (Å²) in [6, 6.07) is 9.81. The summed E-state index contributed by atoms with van der Waals surface area (Å²) in [5.74, 6) is 3.88. The van der Waals surface area contributed by atoms with Crippen molar-refractivity contribution in [1.82, 2.24) is 19.8 Å². The van der Waals surface area contributed by atoms with Gasteiger partial charge in [0.15, 0.2) is 23.0 Å². The molecule has 7 nitrogen and oxygen atoms in total. The van der Waals surface area contributed by atoms with Crippen molar-refractivity contribution in [3.05, 3.63) is 41.7 Å². The van der Waals surface area contributed by atoms with Crippen molar-refractivity contribution in [2.45, 2.75) is 25.3 Å². The number of hydrogen-bond donors (Lipinski definition) is 1. The zero-order valence-corrected chi connectivity index (χ0v) is 13.1. The van der Waals surface area contributed by atoms with Crippen LogP contribution >= 0.6 is 0 Å². The maximum atomic E-state index is 5.75. The highest BCUT2D eigenvalue weighted by atomic mass is 16.6. The number of fused-ring (bicyclic) bond motifs is 2. The minimum absolute atomic E-state index is 0.509. The predicted octanol–water partition coefficient (Wildman–Crippen LogP) is 2.38. The van der Waals surface area contributed by atoms with E-state index in [-0.39, 0.29) is 0 Å². The first-order chi connectivity index (χ1) is 11.9. The molecule has 0 spiro atoms. The van der Waals surface area contributed by atoms with E-state index in [0.717, 1.165) is 34.4 Å². The third kappa shape index (κ3) is 2.33. The Kier molecular flexibility index (Phi) is 3.04. The van der Waals surface area contributed by atoms with Crippen LogP contribution in [0.15, 0.2) is 30.3 Å². The summed E-state index contributed by atoms with van der Waals surface area (Å²) in [6.07, 6.45) is 2.35. The molecule has 2 aromatic heterocycles. The van der Waals surface area contributed by atoms with E-state index in [2.05, 4.69) is 20.6 Å². The highest BCUT2D eigenvalue weighted by Gasteiger charge is 2.29. The van der Waals surface area contributed by atoms with Crippen LogP contribution in [-0.4, -0.2) is 33.0 Å². The summed E-state index contributed by atoms with van der Waals surface area (Å²) in [5, 5.41) is 16.4. The van der Waals surface area contributed by atoms with Crippen LogP contribution in [0.2, 0.25) is 0 Å². The first kappa shape index (κ1) is 13.6. The van der Waals surface area contributed by atoms with Gasteiger partial charge in [-0.25, -0.2) is 0 Å². The van der Waals surface area contributed by atoms with Gasteiger partial charge in [-0.2, -0.15) is 4.52 Å². The lowest BCUT2D eigenvalue weighted by atomic mass is 10.1. The van der Waals surface area contributed by atoms with Crippen LogP contribution in [0.25, 0.3) is 5.65 Å². The van der Waals surface area contributed by atoms with Crippen molar-refractivity contribution in [1.29, 1.82) is 0 Å². The Bertz CT molecular complexity index is 903. The molecule has 7 heteroatoms. The third-order valence-corrected chi connectivity index (χ3v) is 4.34. The molecule has 1 aliphatic heterocycles. The van der Waals surface area contributed by atoms with Gasteiger partial charge >= 0.3 is 0 Å². The van der Waals surface area contributed by atoms with E-state index in [1.165, 1.54) is 12.8 Å². The standard InChI is InChI=1S/C17H17N5O2/c1-2-12(16-13(3-1)23-8-9-24-16)10-18-14-6-7-15-19-20-17(11-4-5-11)22(15)21-14/h1-3,6-7,11H,4-5,8-10H2,(H,18,21). The lowest BCUT2D eigenvalue weighted by Crippen LogP contribution is -2.17. The van der Waals surface area contributed by atoms with Crippen LogP contribution in [0, 0.1) is 0 Å². The van der Waals surface area contributed by atoms with E-state index >= 15 is 0 Å². The van der Waals surface area contributed by atoms with Crippen LogP contribution in [0.4, 0.5) is 5.82 Å². The molecular weight excluding hydrogens is 306 g/mol. The number of hydrogen-bond acceptors (Lipinski definition) is 6. The van der Waals surface area contributed by atoms with E-state index in [1.807, 2.05) is 34.8 Å². The van der Waals surface area contributed by atoms with Gasteiger partial charge in [0, 0.05) is 18.0 Å². The molecule has 2 aliphatic rings. The van der Waals surface area contributed by atoms with E-state index in [9.17, 15) is 0 Å². The molecule has 0 saturated heterocycles. The van der Waals surface area contributed by atoms with Gasteiger partial charge in [-0.05, 0) is 31.0 Å². The maximum Gasteiger partial charge on any atom is 0.178 e. The average molecular weight is 323 g/mol. The molecule has 1 N–H and O–H groups in total. The van der Waals surface area contributed by atoms with E-state index in [4.69, 9.17) is 9.47 Å². The van der Waals surface area contributed by atoms with Crippen LogP contribution in [0.1, 0.15) is 30.1 Å². The summed E-state index contributed by atoms with van der Waals surface area (Å²) in [7, 11) is 0. The van der Waals surface area contributed by atoms with Gasteiger partial charge in [-0.3, -0.25) is 0 Å². The minimum Gasteiger partial charge on any atom is -0.486 e. The van der Waals surface area contributed by atoms with Crippen LogP contribution in [0.3, 0.4) is 0 Å². The molecule has 0 unspecified atom stereocenters. The quantitative estimate of drug-likeness (QED) is 0.795. The van der Waals surface area contributed by atoms with Crippen LogP contribution in [-0.2, 0) is 6.54 Å². The molecule has 0 amide bonds. The van der Waals surface area contributed by atoms with Crippen LogP contribution < -0.4 is 14.8 Å². The Morgan fingerprint density at radius 2 is 2.00 bits per heavy atom. The van der Waals surface area contributed by atoms with Gasteiger partial charge in [0.2, 0.25) is 0 Å². The number of nitrogens with one attached hydrogen (secondary N) is 1. The van der Waals surface area contributed by atoms with Crippen molar-refractivity contribution in [3.63, 3.8) is 0 Å². The summed E-state index contributed by atoms with van der Waals surface area (Å²) >= 11 is 0. The lowest BCUT2D eigenvalue weighted by molar-refractivity contribution is 0.170. The fourth-order valence-electron chi connectivity index (χ4n) is 2.95. The Morgan fingerprint density at radius 3 is 2.92 bits per heavy atom. The number of aromatic nitrogens is 4. The Morgan fingerprint density at radius 1 is 1.08 bits per heavy atom. The zero-order chi connectivity index (χ0) is 15.9. The third-order valence-electron chi connectivity index (χ3n) is 4.34. The Balaban J connectivity index is 1.40. The fourth-order valence-corrected chi connectivity index (χ4v) is 2.95. The molecule has 122 valence electrons. The highest BCUT2D eigenvalue weighted by Crippen LogP contribution is 2.38. The molecule has 0 bridgehead atoms. The molecular formula is C17H17N5O2. The van der Waals surface area contributed by atoms with E-state index < -0.39 is 0 Å². The number of para-hydroxylation sites is 1. The van der Waals surface area contributed by atoms with E-state index in [0.29, 0.717) is 25.7 Å². The molecule has 1 aromatic carbocycles. The number of ether oxygens (including phenoxy) is 2. The second kappa shape index (κ2) is 5.36. The summed E-state index contributed by atoms with van der Waals surface area (Å²) in [5.41, 5.74) is 1.84. The Labute approximate surface area is 138 Å². The largest absolute Gasteiger partial charge is 0.486 e. The summed E-state index contributed by atoms with van der Waals surface area (Å²) in [6.45, 7) is 1.80. The highest BCUT2D eigenvalue weighted by molar-refractivity contribution is 5.50. The molecule has 1 saturated carbocycles. The second-order valence-electron chi connectivity index (χ2n) is 6.12. The number of benzene rings is 1.